The lowest BCUT2D eigenvalue weighted by Crippen LogP contribution is -2.41. The second-order valence-electron chi connectivity index (χ2n) is 4.89. The number of aliphatic carboxylic acids is 1. The van der Waals surface area contributed by atoms with Crippen molar-refractivity contribution in [2.75, 3.05) is 33.3 Å². The fourth-order valence-electron chi connectivity index (χ4n) is 1.90. The topological polar surface area (TPSA) is 70.1 Å². The predicted molar refractivity (Wildman–Crippen MR) is 66.4 cm³/mol. The largest absolute Gasteiger partial charge is 0.481 e. The van der Waals surface area contributed by atoms with Crippen LogP contribution < -0.4 is 0 Å². The van der Waals surface area contributed by atoms with Gasteiger partial charge in [0.05, 0.1) is 18.6 Å². The summed E-state index contributed by atoms with van der Waals surface area (Å²) < 4.78 is 5.38. The van der Waals surface area contributed by atoms with Crippen molar-refractivity contribution in [3.8, 4) is 0 Å². The fraction of sp³-hybridized carbons (Fsp3) is 0.833. The lowest BCUT2D eigenvalue weighted by molar-refractivity contribution is -0.141. The normalized spacial score (nSPS) is 19.3. The van der Waals surface area contributed by atoms with E-state index in [4.69, 9.17) is 9.84 Å². The number of carboxylic acid groups (broad SMARTS) is 1. The minimum Gasteiger partial charge on any atom is -0.481 e. The molecule has 6 nitrogen and oxygen atoms in total. The zero-order valence-corrected chi connectivity index (χ0v) is 11.3. The van der Waals surface area contributed by atoms with Crippen LogP contribution >= 0.6 is 0 Å². The van der Waals surface area contributed by atoms with Crippen molar-refractivity contribution < 1.29 is 19.4 Å². The van der Waals surface area contributed by atoms with E-state index < -0.39 is 11.9 Å². The maximum Gasteiger partial charge on any atom is 0.319 e. The molecule has 0 spiro atoms. The van der Waals surface area contributed by atoms with Gasteiger partial charge in [-0.3, -0.25) is 4.79 Å². The van der Waals surface area contributed by atoms with E-state index in [1.165, 1.54) is 0 Å². The molecule has 0 saturated carbocycles. The molecule has 0 aromatic heterocycles. The summed E-state index contributed by atoms with van der Waals surface area (Å²) in [5.74, 6) is -1.25. The van der Waals surface area contributed by atoms with Crippen molar-refractivity contribution in [3.05, 3.63) is 0 Å². The maximum atomic E-state index is 12.0. The highest BCUT2D eigenvalue weighted by atomic mass is 16.5. The lowest BCUT2D eigenvalue weighted by atomic mass is 10.1. The predicted octanol–water partition coefficient (Wildman–Crippen LogP) is 0.870. The zero-order chi connectivity index (χ0) is 13.7. The lowest BCUT2D eigenvalue weighted by Gasteiger charge is -2.24. The van der Waals surface area contributed by atoms with E-state index in [1.54, 1.807) is 16.8 Å². The first-order chi connectivity index (χ1) is 8.41. The smallest absolute Gasteiger partial charge is 0.319 e. The Morgan fingerprint density at radius 2 is 2.17 bits per heavy atom. The van der Waals surface area contributed by atoms with Crippen LogP contribution in [0.1, 0.15) is 20.3 Å². The van der Waals surface area contributed by atoms with Gasteiger partial charge in [0.15, 0.2) is 0 Å². The molecule has 2 amide bonds. The third-order valence-electron chi connectivity index (χ3n) is 3.01. The first-order valence-electron chi connectivity index (χ1n) is 6.26. The van der Waals surface area contributed by atoms with Crippen LogP contribution in [-0.4, -0.2) is 66.3 Å². The van der Waals surface area contributed by atoms with E-state index in [1.807, 2.05) is 13.8 Å². The number of carboxylic acids is 1. The molecule has 1 heterocycles. The number of carbonyl (C=O) groups excluding carboxylic acids is 1. The van der Waals surface area contributed by atoms with Crippen molar-refractivity contribution in [1.29, 1.82) is 0 Å². The van der Waals surface area contributed by atoms with Crippen LogP contribution in [0.25, 0.3) is 0 Å². The molecule has 1 aliphatic rings. The Morgan fingerprint density at radius 1 is 1.50 bits per heavy atom. The minimum atomic E-state index is -0.823. The first kappa shape index (κ1) is 14.8. The number of ether oxygens (including phenoxy) is 1. The third-order valence-corrected chi connectivity index (χ3v) is 3.01. The van der Waals surface area contributed by atoms with Gasteiger partial charge in [-0.2, -0.15) is 0 Å². The number of hydrogen-bond acceptors (Lipinski definition) is 3. The van der Waals surface area contributed by atoms with Crippen LogP contribution in [-0.2, 0) is 9.53 Å². The summed E-state index contributed by atoms with van der Waals surface area (Å²) in [5.41, 5.74) is 0. The van der Waals surface area contributed by atoms with Crippen LogP contribution in [0.15, 0.2) is 0 Å². The van der Waals surface area contributed by atoms with E-state index in [-0.39, 0.29) is 12.1 Å². The summed E-state index contributed by atoms with van der Waals surface area (Å²) in [4.78, 5) is 26.0. The Kier molecular flexibility index (Phi) is 5.40. The molecule has 0 aliphatic carbocycles. The monoisotopic (exact) mass is 258 g/mol. The summed E-state index contributed by atoms with van der Waals surface area (Å²) in [6.07, 6.45) is 0.689. The van der Waals surface area contributed by atoms with E-state index in [0.717, 1.165) is 0 Å². The van der Waals surface area contributed by atoms with Gasteiger partial charge in [-0.05, 0) is 20.3 Å². The molecule has 0 radical (unpaired) electrons. The quantitative estimate of drug-likeness (QED) is 0.794. The van der Waals surface area contributed by atoms with Gasteiger partial charge in [0.25, 0.3) is 0 Å². The van der Waals surface area contributed by atoms with E-state index in [2.05, 4.69) is 0 Å². The molecule has 1 aliphatic heterocycles. The number of rotatable bonds is 5. The van der Waals surface area contributed by atoms with Crippen molar-refractivity contribution in [1.82, 2.24) is 9.80 Å². The minimum absolute atomic E-state index is 0.119. The molecular weight excluding hydrogens is 236 g/mol. The Balaban J connectivity index is 2.33. The highest BCUT2D eigenvalue weighted by molar-refractivity contribution is 5.77. The Hall–Kier alpha value is -1.30. The van der Waals surface area contributed by atoms with E-state index >= 15 is 0 Å². The number of amides is 2. The molecule has 6 heteroatoms. The van der Waals surface area contributed by atoms with Gasteiger partial charge >= 0.3 is 12.0 Å². The van der Waals surface area contributed by atoms with Crippen LogP contribution in [0.5, 0.6) is 0 Å². The number of likely N-dealkylation sites (tertiary alicyclic amines) is 1. The number of carbonyl (C=O) groups is 2. The van der Waals surface area contributed by atoms with Gasteiger partial charge in [0.2, 0.25) is 0 Å². The Morgan fingerprint density at radius 3 is 2.67 bits per heavy atom. The average molecular weight is 258 g/mol. The molecule has 1 saturated heterocycles. The standard InChI is InChI=1S/C12H22N2O4/c1-9(2)18-7-6-13(3)12(17)14-5-4-10(8-14)11(15)16/h9-10H,4-8H2,1-3H3,(H,15,16). The van der Waals surface area contributed by atoms with Crippen LogP contribution in [0, 0.1) is 5.92 Å². The molecular formula is C12H22N2O4. The molecule has 0 bridgehead atoms. The second-order valence-corrected chi connectivity index (χ2v) is 4.89. The SMILES string of the molecule is CC(C)OCCN(C)C(=O)N1CCC(C(=O)O)C1. The fourth-order valence-corrected chi connectivity index (χ4v) is 1.90. The second kappa shape index (κ2) is 6.58. The Labute approximate surface area is 107 Å². The van der Waals surface area contributed by atoms with Crippen LogP contribution in [0.2, 0.25) is 0 Å². The van der Waals surface area contributed by atoms with E-state index in [9.17, 15) is 9.59 Å². The van der Waals surface area contributed by atoms with Gasteiger partial charge in [0, 0.05) is 26.7 Å². The summed E-state index contributed by atoms with van der Waals surface area (Å²) in [6, 6.07) is -0.119. The number of urea groups is 1. The summed E-state index contributed by atoms with van der Waals surface area (Å²) in [7, 11) is 1.71. The number of nitrogens with zero attached hydrogens (tertiary/aromatic N) is 2. The molecule has 1 rings (SSSR count). The van der Waals surface area contributed by atoms with Gasteiger partial charge in [0.1, 0.15) is 0 Å². The number of hydrogen-bond donors (Lipinski definition) is 1. The highest BCUT2D eigenvalue weighted by Crippen LogP contribution is 2.17. The summed E-state index contributed by atoms with van der Waals surface area (Å²) >= 11 is 0. The maximum absolute atomic E-state index is 12.0. The highest BCUT2D eigenvalue weighted by Gasteiger charge is 2.31. The molecule has 1 fully saturated rings. The van der Waals surface area contributed by atoms with Gasteiger partial charge in [-0.15, -0.1) is 0 Å². The van der Waals surface area contributed by atoms with E-state index in [0.29, 0.717) is 32.7 Å². The summed E-state index contributed by atoms with van der Waals surface area (Å²) in [5, 5.41) is 8.88. The molecule has 0 aromatic carbocycles. The third kappa shape index (κ3) is 4.18. The van der Waals surface area contributed by atoms with Crippen LogP contribution in [0.3, 0.4) is 0 Å². The molecule has 18 heavy (non-hydrogen) atoms. The molecule has 104 valence electrons. The number of likely N-dealkylation sites (N-methyl/N-ethyl adjacent to an activating group) is 1. The van der Waals surface area contributed by atoms with Crippen molar-refractivity contribution in [2.24, 2.45) is 5.92 Å². The molecule has 0 aromatic rings. The Bertz CT molecular complexity index is 306. The van der Waals surface area contributed by atoms with Gasteiger partial charge in [-0.25, -0.2) is 4.79 Å². The summed E-state index contributed by atoms with van der Waals surface area (Å²) in [6.45, 7) is 5.73. The van der Waals surface area contributed by atoms with Crippen molar-refractivity contribution in [2.45, 2.75) is 26.4 Å². The molecule has 1 N–H and O–H groups in total. The van der Waals surface area contributed by atoms with Crippen LogP contribution in [0.4, 0.5) is 4.79 Å². The van der Waals surface area contributed by atoms with Crippen molar-refractivity contribution >= 4 is 12.0 Å². The molecule has 1 atom stereocenters. The van der Waals surface area contributed by atoms with Crippen molar-refractivity contribution in [3.63, 3.8) is 0 Å². The zero-order valence-electron chi connectivity index (χ0n) is 11.3. The average Bonchev–Trinajstić information content (AvgIpc) is 2.76. The molecule has 1 unspecified atom stereocenters. The van der Waals surface area contributed by atoms with Gasteiger partial charge in [-0.1, -0.05) is 0 Å². The van der Waals surface area contributed by atoms with Gasteiger partial charge < -0.3 is 19.6 Å². The first-order valence-corrected chi connectivity index (χ1v) is 6.26.